The molecule has 0 aliphatic heterocycles. The van der Waals surface area contributed by atoms with E-state index in [0.29, 0.717) is 17.2 Å². The van der Waals surface area contributed by atoms with Crippen molar-refractivity contribution in [2.75, 3.05) is 24.8 Å². The van der Waals surface area contributed by atoms with E-state index in [-0.39, 0.29) is 6.04 Å². The standard InChI is InChI=1S/C20H26N2O5S/c1-14(18-11-6-7-12-19(18)27-4)21-20(23)15(2)22(28(5,24)25)16-9-8-10-17(13-16)26-3/h6-15H,1-5H3,(H,21,23)/t14-,15+/m0/s1. The van der Waals surface area contributed by atoms with Gasteiger partial charge in [-0.25, -0.2) is 8.42 Å². The summed E-state index contributed by atoms with van der Waals surface area (Å²) in [6, 6.07) is 12.6. The third-order valence-corrected chi connectivity index (χ3v) is 5.60. The van der Waals surface area contributed by atoms with Gasteiger partial charge in [-0.2, -0.15) is 0 Å². The van der Waals surface area contributed by atoms with Crippen LogP contribution in [0.4, 0.5) is 5.69 Å². The summed E-state index contributed by atoms with van der Waals surface area (Å²) in [7, 11) is -0.653. The molecule has 152 valence electrons. The number of benzene rings is 2. The van der Waals surface area contributed by atoms with Crippen LogP contribution in [-0.4, -0.2) is 40.8 Å². The highest BCUT2D eigenvalue weighted by Gasteiger charge is 2.30. The van der Waals surface area contributed by atoms with Crippen molar-refractivity contribution in [3.8, 4) is 11.5 Å². The summed E-state index contributed by atoms with van der Waals surface area (Å²) in [4.78, 5) is 12.9. The molecule has 0 bridgehead atoms. The van der Waals surface area contributed by atoms with Gasteiger partial charge < -0.3 is 14.8 Å². The van der Waals surface area contributed by atoms with Crippen molar-refractivity contribution in [1.29, 1.82) is 0 Å². The zero-order valence-corrected chi connectivity index (χ0v) is 17.5. The summed E-state index contributed by atoms with van der Waals surface area (Å²) in [6.45, 7) is 3.36. The van der Waals surface area contributed by atoms with Crippen LogP contribution >= 0.6 is 0 Å². The smallest absolute Gasteiger partial charge is 0.244 e. The predicted octanol–water partition coefficient (Wildman–Crippen LogP) is 2.74. The molecule has 0 spiro atoms. The lowest BCUT2D eigenvalue weighted by Gasteiger charge is -2.29. The van der Waals surface area contributed by atoms with Gasteiger partial charge in [-0.3, -0.25) is 9.10 Å². The van der Waals surface area contributed by atoms with Gasteiger partial charge in [-0.15, -0.1) is 0 Å². The number of ether oxygens (including phenoxy) is 2. The second-order valence-electron chi connectivity index (χ2n) is 6.41. The Morgan fingerprint density at radius 2 is 1.71 bits per heavy atom. The van der Waals surface area contributed by atoms with Crippen LogP contribution in [0, 0.1) is 0 Å². The van der Waals surface area contributed by atoms with E-state index in [1.165, 1.54) is 7.11 Å². The number of para-hydroxylation sites is 1. The van der Waals surface area contributed by atoms with E-state index in [1.807, 2.05) is 25.1 Å². The van der Waals surface area contributed by atoms with Gasteiger partial charge in [0.05, 0.1) is 32.2 Å². The van der Waals surface area contributed by atoms with Gasteiger partial charge in [-0.1, -0.05) is 24.3 Å². The molecular formula is C20H26N2O5S. The molecule has 0 aliphatic rings. The lowest BCUT2D eigenvalue weighted by atomic mass is 10.1. The maximum absolute atomic E-state index is 12.9. The van der Waals surface area contributed by atoms with E-state index in [1.54, 1.807) is 44.4 Å². The van der Waals surface area contributed by atoms with Crippen molar-refractivity contribution in [2.24, 2.45) is 0 Å². The molecule has 0 aliphatic carbocycles. The lowest BCUT2D eigenvalue weighted by Crippen LogP contribution is -2.48. The molecule has 28 heavy (non-hydrogen) atoms. The molecule has 2 aromatic carbocycles. The Balaban J connectivity index is 2.29. The minimum absolute atomic E-state index is 0.356. The van der Waals surface area contributed by atoms with E-state index in [4.69, 9.17) is 9.47 Å². The number of carbonyl (C=O) groups is 1. The minimum atomic E-state index is -3.71. The Bertz CT molecular complexity index is 930. The fourth-order valence-electron chi connectivity index (χ4n) is 2.99. The topological polar surface area (TPSA) is 84.9 Å². The van der Waals surface area contributed by atoms with Crippen LogP contribution in [-0.2, 0) is 14.8 Å². The van der Waals surface area contributed by atoms with Crippen LogP contribution < -0.4 is 19.1 Å². The third-order valence-electron chi connectivity index (χ3n) is 4.36. The highest BCUT2D eigenvalue weighted by Crippen LogP contribution is 2.27. The van der Waals surface area contributed by atoms with Gasteiger partial charge >= 0.3 is 0 Å². The number of nitrogens with zero attached hydrogens (tertiary/aromatic N) is 1. The third kappa shape index (κ3) is 4.95. The molecule has 2 rings (SSSR count). The van der Waals surface area contributed by atoms with E-state index in [2.05, 4.69) is 5.32 Å². The summed E-state index contributed by atoms with van der Waals surface area (Å²) in [6.07, 6.45) is 1.07. The monoisotopic (exact) mass is 406 g/mol. The maximum atomic E-state index is 12.9. The maximum Gasteiger partial charge on any atom is 0.244 e. The first kappa shape index (κ1) is 21.6. The van der Waals surface area contributed by atoms with Gasteiger partial charge in [0.15, 0.2) is 0 Å². The Hall–Kier alpha value is -2.74. The van der Waals surface area contributed by atoms with E-state index in [0.717, 1.165) is 16.1 Å². The minimum Gasteiger partial charge on any atom is -0.497 e. The Kier molecular flexibility index (Phi) is 6.90. The van der Waals surface area contributed by atoms with Gasteiger partial charge in [-0.05, 0) is 32.0 Å². The molecule has 0 saturated heterocycles. The van der Waals surface area contributed by atoms with Gasteiger partial charge in [0, 0.05) is 11.6 Å². The number of amides is 1. The Morgan fingerprint density at radius 1 is 1.04 bits per heavy atom. The highest BCUT2D eigenvalue weighted by molar-refractivity contribution is 7.92. The number of methoxy groups -OCH3 is 2. The van der Waals surface area contributed by atoms with Crippen molar-refractivity contribution in [3.05, 3.63) is 54.1 Å². The summed E-state index contributed by atoms with van der Waals surface area (Å²) in [5.74, 6) is 0.725. The first-order valence-electron chi connectivity index (χ1n) is 8.75. The Morgan fingerprint density at radius 3 is 2.32 bits per heavy atom. The van der Waals surface area contributed by atoms with Crippen molar-refractivity contribution in [3.63, 3.8) is 0 Å². The predicted molar refractivity (Wildman–Crippen MR) is 109 cm³/mol. The average Bonchev–Trinajstić information content (AvgIpc) is 2.66. The van der Waals surface area contributed by atoms with Crippen LogP contribution in [0.15, 0.2) is 48.5 Å². The molecule has 0 heterocycles. The molecule has 1 N–H and O–H groups in total. The molecule has 2 atom stereocenters. The summed E-state index contributed by atoms with van der Waals surface area (Å²) >= 11 is 0. The molecule has 7 nitrogen and oxygen atoms in total. The van der Waals surface area contributed by atoms with E-state index < -0.39 is 22.0 Å². The average molecular weight is 407 g/mol. The van der Waals surface area contributed by atoms with Crippen molar-refractivity contribution < 1.29 is 22.7 Å². The summed E-state index contributed by atoms with van der Waals surface area (Å²) in [5.41, 5.74) is 1.16. The molecular weight excluding hydrogens is 380 g/mol. The lowest BCUT2D eigenvalue weighted by molar-refractivity contribution is -0.122. The van der Waals surface area contributed by atoms with Crippen molar-refractivity contribution in [1.82, 2.24) is 5.32 Å². The molecule has 8 heteroatoms. The number of rotatable bonds is 8. The molecule has 1 amide bonds. The van der Waals surface area contributed by atoms with Gasteiger partial charge in [0.25, 0.3) is 0 Å². The number of hydrogen-bond donors (Lipinski definition) is 1. The number of sulfonamides is 1. The van der Waals surface area contributed by atoms with Crippen LogP contribution in [0.3, 0.4) is 0 Å². The molecule has 2 aromatic rings. The number of nitrogens with one attached hydrogen (secondary N) is 1. The van der Waals surface area contributed by atoms with Crippen LogP contribution in [0.1, 0.15) is 25.5 Å². The summed E-state index contributed by atoms with van der Waals surface area (Å²) < 4.78 is 36.4. The second-order valence-corrected chi connectivity index (χ2v) is 8.27. The zero-order valence-electron chi connectivity index (χ0n) is 16.7. The quantitative estimate of drug-likeness (QED) is 0.729. The van der Waals surface area contributed by atoms with Crippen LogP contribution in [0.25, 0.3) is 0 Å². The van der Waals surface area contributed by atoms with Crippen molar-refractivity contribution >= 4 is 21.6 Å². The molecule has 0 radical (unpaired) electrons. The SMILES string of the molecule is COc1cccc(N([C@H](C)C(=O)N[C@@H](C)c2ccccc2OC)S(C)(=O)=O)c1. The molecule has 0 aromatic heterocycles. The van der Waals surface area contributed by atoms with Crippen molar-refractivity contribution in [2.45, 2.75) is 25.9 Å². The highest BCUT2D eigenvalue weighted by atomic mass is 32.2. The fraction of sp³-hybridized carbons (Fsp3) is 0.350. The summed E-state index contributed by atoms with van der Waals surface area (Å²) in [5, 5.41) is 2.87. The van der Waals surface area contributed by atoms with Gasteiger partial charge in [0.1, 0.15) is 17.5 Å². The normalized spacial score (nSPS) is 13.3. The van der Waals surface area contributed by atoms with Crippen LogP contribution in [0.2, 0.25) is 0 Å². The number of anilines is 1. The molecule has 0 fully saturated rings. The molecule has 0 saturated carbocycles. The van der Waals surface area contributed by atoms with E-state index in [9.17, 15) is 13.2 Å². The second kappa shape index (κ2) is 8.97. The number of hydrogen-bond acceptors (Lipinski definition) is 5. The van der Waals surface area contributed by atoms with Crippen LogP contribution in [0.5, 0.6) is 11.5 Å². The molecule has 0 unspecified atom stereocenters. The van der Waals surface area contributed by atoms with Gasteiger partial charge in [0.2, 0.25) is 15.9 Å². The zero-order chi connectivity index (χ0) is 20.9. The fourth-order valence-corrected chi connectivity index (χ4v) is 4.16. The first-order chi connectivity index (χ1) is 13.2. The first-order valence-corrected chi connectivity index (χ1v) is 10.6. The number of carbonyl (C=O) groups excluding carboxylic acids is 1. The largest absolute Gasteiger partial charge is 0.497 e. The Labute approximate surface area is 166 Å². The van der Waals surface area contributed by atoms with E-state index >= 15 is 0 Å².